The Labute approximate surface area is 129 Å². The molecule has 7 heteroatoms. The lowest BCUT2D eigenvalue weighted by Gasteiger charge is -2.33. The Balaban J connectivity index is 1.67. The van der Waals surface area contributed by atoms with Crippen LogP contribution in [0.2, 0.25) is 0 Å². The van der Waals surface area contributed by atoms with Gasteiger partial charge in [0.15, 0.2) is 15.6 Å². The molecule has 3 saturated heterocycles. The first-order chi connectivity index (χ1) is 10.4. The van der Waals surface area contributed by atoms with Crippen molar-refractivity contribution in [2.75, 3.05) is 6.61 Å². The first-order valence-corrected chi connectivity index (χ1v) is 8.95. The number of fused-ring (bicyclic) bond motifs is 5. The molecule has 1 aromatic carbocycles. The number of benzene rings is 1. The van der Waals surface area contributed by atoms with Crippen molar-refractivity contribution in [3.05, 3.63) is 30.3 Å². The third-order valence-electron chi connectivity index (χ3n) is 4.48. The molecule has 0 aromatic heterocycles. The van der Waals surface area contributed by atoms with Gasteiger partial charge in [-0.3, -0.25) is 5.32 Å². The van der Waals surface area contributed by atoms with Crippen LogP contribution in [0, 0.1) is 0 Å². The zero-order valence-electron chi connectivity index (χ0n) is 12.4. The monoisotopic (exact) mass is 325 g/mol. The Hall–Kier alpha value is -0.990. The number of sulfone groups is 1. The van der Waals surface area contributed by atoms with E-state index in [-0.39, 0.29) is 31.1 Å². The fraction of sp³-hybridized carbons (Fsp3) is 0.600. The van der Waals surface area contributed by atoms with Crippen molar-refractivity contribution in [3.8, 4) is 0 Å². The average molecular weight is 325 g/mol. The maximum absolute atomic E-state index is 12.9. The minimum atomic E-state index is -3.50. The molecule has 22 heavy (non-hydrogen) atoms. The lowest BCUT2D eigenvalue weighted by Crippen LogP contribution is -2.55. The minimum absolute atomic E-state index is 0.152. The first-order valence-electron chi connectivity index (χ1n) is 7.41. The van der Waals surface area contributed by atoms with Gasteiger partial charge in [0.1, 0.15) is 23.7 Å². The molecule has 5 atom stereocenters. The second-order valence-corrected chi connectivity index (χ2v) is 8.57. The number of nitrogens with one attached hydrogen (secondary N) is 1. The third-order valence-corrected chi connectivity index (χ3v) is 6.64. The van der Waals surface area contributed by atoms with Crippen LogP contribution < -0.4 is 5.32 Å². The molecule has 2 bridgehead atoms. The fourth-order valence-corrected chi connectivity index (χ4v) is 5.30. The second-order valence-electron chi connectivity index (χ2n) is 6.41. The van der Waals surface area contributed by atoms with E-state index in [0.717, 1.165) is 0 Å². The van der Waals surface area contributed by atoms with Crippen molar-refractivity contribution in [2.45, 2.75) is 54.3 Å². The van der Waals surface area contributed by atoms with Gasteiger partial charge >= 0.3 is 0 Å². The average Bonchev–Trinajstić information content (AvgIpc) is 2.93. The van der Waals surface area contributed by atoms with Crippen molar-refractivity contribution in [1.29, 1.82) is 0 Å². The zero-order chi connectivity index (χ0) is 15.5. The lowest BCUT2D eigenvalue weighted by atomic mass is 10.1. The molecular formula is C15H19NO5S. The summed E-state index contributed by atoms with van der Waals surface area (Å²) in [4.78, 5) is 0.311. The standard InChI is InChI=1S/C15H19NO5S/c1-15(2)20-12-11-10(8-19-14(16-11)13(12)21-15)22(17,18)9-6-4-3-5-7-9/h3-7,10-14,16H,8H2,1-2H3/t10-,11+,12+,13+,14-/m1/s1. The third kappa shape index (κ3) is 2.11. The van der Waals surface area contributed by atoms with Crippen LogP contribution in [0.25, 0.3) is 0 Å². The van der Waals surface area contributed by atoms with Gasteiger partial charge in [-0.2, -0.15) is 0 Å². The van der Waals surface area contributed by atoms with E-state index in [1.54, 1.807) is 30.3 Å². The van der Waals surface area contributed by atoms with Crippen LogP contribution in [0.1, 0.15) is 13.8 Å². The summed E-state index contributed by atoms with van der Waals surface area (Å²) in [5.74, 6) is -0.713. The Morgan fingerprint density at radius 3 is 2.55 bits per heavy atom. The highest BCUT2D eigenvalue weighted by Gasteiger charge is 2.60. The molecule has 120 valence electrons. The number of ether oxygens (including phenoxy) is 3. The Morgan fingerprint density at radius 1 is 1.14 bits per heavy atom. The summed E-state index contributed by atoms with van der Waals surface area (Å²) in [7, 11) is -3.50. The van der Waals surface area contributed by atoms with Crippen molar-refractivity contribution in [3.63, 3.8) is 0 Å². The summed E-state index contributed by atoms with van der Waals surface area (Å²) >= 11 is 0. The van der Waals surface area contributed by atoms with Gasteiger partial charge in [-0.1, -0.05) is 18.2 Å². The summed E-state index contributed by atoms with van der Waals surface area (Å²) in [6.45, 7) is 3.82. The van der Waals surface area contributed by atoms with E-state index in [2.05, 4.69) is 5.32 Å². The van der Waals surface area contributed by atoms with E-state index in [1.807, 2.05) is 13.8 Å². The molecule has 0 amide bonds. The summed E-state index contributed by atoms with van der Waals surface area (Å²) in [5, 5.41) is 2.52. The molecule has 0 unspecified atom stereocenters. The molecule has 1 N–H and O–H groups in total. The molecule has 0 aliphatic carbocycles. The number of rotatable bonds is 2. The SMILES string of the molecule is CC1(C)O[C@H]2[C@H]3N[C@H](OC[C@H]3S(=O)(=O)c3ccccc3)[C@H]2O1. The topological polar surface area (TPSA) is 73.9 Å². The van der Waals surface area contributed by atoms with Gasteiger partial charge in [-0.05, 0) is 26.0 Å². The summed E-state index contributed by atoms with van der Waals surface area (Å²) in [5.41, 5.74) is 0. The molecule has 3 aliphatic heterocycles. The summed E-state index contributed by atoms with van der Waals surface area (Å²) < 4.78 is 43.3. The number of hydrogen-bond donors (Lipinski definition) is 1. The second kappa shape index (κ2) is 4.75. The molecule has 3 heterocycles. The highest BCUT2D eigenvalue weighted by atomic mass is 32.2. The highest BCUT2D eigenvalue weighted by molar-refractivity contribution is 7.92. The minimum Gasteiger partial charge on any atom is -0.359 e. The van der Waals surface area contributed by atoms with Crippen LogP contribution >= 0.6 is 0 Å². The largest absolute Gasteiger partial charge is 0.359 e. The Kier molecular flexibility index (Phi) is 3.15. The molecule has 3 fully saturated rings. The molecule has 6 nitrogen and oxygen atoms in total. The van der Waals surface area contributed by atoms with Gasteiger partial charge in [0.05, 0.1) is 17.5 Å². The quantitative estimate of drug-likeness (QED) is 0.862. The summed E-state index contributed by atoms with van der Waals surface area (Å²) in [6.07, 6.45) is -0.888. The molecular weight excluding hydrogens is 306 g/mol. The molecule has 0 radical (unpaired) electrons. The Morgan fingerprint density at radius 2 is 1.82 bits per heavy atom. The maximum Gasteiger partial charge on any atom is 0.185 e. The van der Waals surface area contributed by atoms with Gasteiger partial charge in [-0.25, -0.2) is 8.42 Å². The van der Waals surface area contributed by atoms with E-state index in [9.17, 15) is 8.42 Å². The normalized spacial score (nSPS) is 39.6. The zero-order valence-corrected chi connectivity index (χ0v) is 13.2. The lowest BCUT2D eigenvalue weighted by molar-refractivity contribution is -0.179. The van der Waals surface area contributed by atoms with Crippen LogP contribution in [0.4, 0.5) is 0 Å². The van der Waals surface area contributed by atoms with Crippen LogP contribution in [-0.4, -0.2) is 50.5 Å². The van der Waals surface area contributed by atoms with E-state index in [0.29, 0.717) is 4.90 Å². The van der Waals surface area contributed by atoms with E-state index in [4.69, 9.17) is 14.2 Å². The van der Waals surface area contributed by atoms with Gasteiger partial charge in [0, 0.05) is 0 Å². The molecule has 1 aromatic rings. The smallest absolute Gasteiger partial charge is 0.185 e. The van der Waals surface area contributed by atoms with E-state index < -0.39 is 20.9 Å². The van der Waals surface area contributed by atoms with E-state index in [1.165, 1.54) is 0 Å². The fourth-order valence-electron chi connectivity index (χ4n) is 3.54. The first kappa shape index (κ1) is 14.6. The maximum atomic E-state index is 12.9. The highest BCUT2D eigenvalue weighted by Crippen LogP contribution is 2.41. The van der Waals surface area contributed by atoms with Crippen molar-refractivity contribution in [2.24, 2.45) is 0 Å². The molecule has 3 aliphatic rings. The van der Waals surface area contributed by atoms with Crippen LogP contribution in [0.5, 0.6) is 0 Å². The van der Waals surface area contributed by atoms with Crippen LogP contribution in [0.15, 0.2) is 35.2 Å². The predicted octanol–water partition coefficient (Wildman–Crippen LogP) is 0.677. The van der Waals surface area contributed by atoms with Gasteiger partial charge in [0.2, 0.25) is 0 Å². The van der Waals surface area contributed by atoms with Crippen molar-refractivity contribution >= 4 is 9.84 Å². The van der Waals surface area contributed by atoms with Crippen molar-refractivity contribution < 1.29 is 22.6 Å². The molecule has 0 saturated carbocycles. The van der Waals surface area contributed by atoms with E-state index >= 15 is 0 Å². The van der Waals surface area contributed by atoms with Gasteiger partial charge in [-0.15, -0.1) is 0 Å². The van der Waals surface area contributed by atoms with Crippen molar-refractivity contribution in [1.82, 2.24) is 5.32 Å². The number of hydrogen-bond acceptors (Lipinski definition) is 6. The molecule has 4 rings (SSSR count). The Bertz CT molecular complexity index is 674. The van der Waals surface area contributed by atoms with Crippen LogP contribution in [0.3, 0.4) is 0 Å². The van der Waals surface area contributed by atoms with Gasteiger partial charge < -0.3 is 14.2 Å². The van der Waals surface area contributed by atoms with Crippen LogP contribution in [-0.2, 0) is 24.0 Å². The predicted molar refractivity (Wildman–Crippen MR) is 77.9 cm³/mol. The van der Waals surface area contributed by atoms with Gasteiger partial charge in [0.25, 0.3) is 0 Å². The summed E-state index contributed by atoms with van der Waals surface area (Å²) in [6, 6.07) is 8.15. The molecule has 0 spiro atoms.